The predicted molar refractivity (Wildman–Crippen MR) is 99.3 cm³/mol. The van der Waals surface area contributed by atoms with Crippen LogP contribution in [0.4, 0.5) is 0 Å². The van der Waals surface area contributed by atoms with E-state index in [0.717, 1.165) is 58.1 Å². The number of benzene rings is 1. The molecule has 0 aromatic heterocycles. The van der Waals surface area contributed by atoms with Gasteiger partial charge < -0.3 is 9.47 Å². The minimum atomic E-state index is -0.511. The van der Waals surface area contributed by atoms with Crippen molar-refractivity contribution in [1.29, 1.82) is 0 Å². The minimum absolute atomic E-state index is 0.102. The van der Waals surface area contributed by atoms with Crippen molar-refractivity contribution in [3.63, 3.8) is 0 Å². The van der Waals surface area contributed by atoms with E-state index in [1.54, 1.807) is 0 Å². The third-order valence-electron chi connectivity index (χ3n) is 5.75. The van der Waals surface area contributed by atoms with Crippen LogP contribution in [0.1, 0.15) is 18.4 Å². The Morgan fingerprint density at radius 3 is 2.78 bits per heavy atom. The van der Waals surface area contributed by atoms with Crippen LogP contribution < -0.4 is 10.1 Å². The van der Waals surface area contributed by atoms with E-state index >= 15 is 0 Å². The number of rotatable bonds is 6. The van der Waals surface area contributed by atoms with Crippen LogP contribution >= 0.6 is 0 Å². The number of hydrogen-bond donors (Lipinski definition) is 1. The molecule has 1 aromatic rings. The molecule has 3 aliphatic heterocycles. The summed E-state index contributed by atoms with van der Waals surface area (Å²) >= 11 is 0. The van der Waals surface area contributed by atoms with Crippen LogP contribution in [-0.4, -0.2) is 74.2 Å². The Balaban J connectivity index is 1.28. The standard InChI is InChI=1S/C20H27N3O4/c24-18-13-20(19(25)21-18)4-5-23(15-20)14-16-2-1-3-17(12-16)27-11-8-22-6-9-26-10-7-22/h1-3,12H,4-11,13-15H2,(H,21,24,25)/t20-/m1/s1. The number of ether oxygens (including phenoxy) is 2. The van der Waals surface area contributed by atoms with Crippen molar-refractivity contribution < 1.29 is 19.1 Å². The molecule has 7 heteroatoms. The van der Waals surface area contributed by atoms with Crippen molar-refractivity contribution in [2.75, 3.05) is 52.5 Å². The Hall–Kier alpha value is -1.96. The van der Waals surface area contributed by atoms with Crippen molar-refractivity contribution in [3.8, 4) is 5.75 Å². The molecule has 3 saturated heterocycles. The molecule has 27 heavy (non-hydrogen) atoms. The second kappa shape index (κ2) is 7.96. The number of carbonyl (C=O) groups excluding carboxylic acids is 2. The number of nitrogens with zero attached hydrogens (tertiary/aromatic N) is 2. The number of amides is 2. The van der Waals surface area contributed by atoms with E-state index in [0.29, 0.717) is 19.6 Å². The maximum atomic E-state index is 12.1. The molecule has 146 valence electrons. The average molecular weight is 373 g/mol. The fourth-order valence-electron chi connectivity index (χ4n) is 4.22. The quantitative estimate of drug-likeness (QED) is 0.738. The van der Waals surface area contributed by atoms with E-state index in [2.05, 4.69) is 27.2 Å². The number of nitrogens with one attached hydrogen (secondary N) is 1. The first-order valence-corrected chi connectivity index (χ1v) is 9.71. The molecule has 3 heterocycles. The molecule has 1 spiro atoms. The van der Waals surface area contributed by atoms with Gasteiger partial charge in [-0.1, -0.05) is 12.1 Å². The molecule has 3 aliphatic rings. The van der Waals surface area contributed by atoms with Crippen LogP contribution in [0.25, 0.3) is 0 Å². The van der Waals surface area contributed by atoms with Crippen LogP contribution in [0.3, 0.4) is 0 Å². The lowest BCUT2D eigenvalue weighted by Crippen LogP contribution is -2.38. The van der Waals surface area contributed by atoms with Crippen molar-refractivity contribution in [2.24, 2.45) is 5.41 Å². The van der Waals surface area contributed by atoms with Gasteiger partial charge in [-0.15, -0.1) is 0 Å². The van der Waals surface area contributed by atoms with Gasteiger partial charge in [-0.05, 0) is 30.7 Å². The maximum absolute atomic E-state index is 12.1. The molecule has 3 fully saturated rings. The second-order valence-corrected chi connectivity index (χ2v) is 7.74. The van der Waals surface area contributed by atoms with E-state index in [4.69, 9.17) is 9.47 Å². The van der Waals surface area contributed by atoms with Gasteiger partial charge in [-0.2, -0.15) is 0 Å². The van der Waals surface area contributed by atoms with Crippen molar-refractivity contribution in [1.82, 2.24) is 15.1 Å². The summed E-state index contributed by atoms with van der Waals surface area (Å²) in [4.78, 5) is 28.3. The highest BCUT2D eigenvalue weighted by atomic mass is 16.5. The highest BCUT2D eigenvalue weighted by molar-refractivity contribution is 6.06. The first-order chi connectivity index (χ1) is 13.1. The van der Waals surface area contributed by atoms with Gasteiger partial charge in [0.25, 0.3) is 0 Å². The van der Waals surface area contributed by atoms with Crippen molar-refractivity contribution >= 4 is 11.8 Å². The van der Waals surface area contributed by atoms with Crippen LogP contribution in [0.2, 0.25) is 0 Å². The summed E-state index contributed by atoms with van der Waals surface area (Å²) in [6.45, 7) is 7.36. The zero-order chi connectivity index (χ0) is 18.7. The lowest BCUT2D eigenvalue weighted by molar-refractivity contribution is -0.128. The molecule has 0 bridgehead atoms. The van der Waals surface area contributed by atoms with Gasteiger partial charge in [0.05, 0.1) is 18.6 Å². The Bertz CT molecular complexity index is 704. The number of morpholine rings is 1. The zero-order valence-electron chi connectivity index (χ0n) is 15.6. The van der Waals surface area contributed by atoms with Crippen LogP contribution in [0, 0.1) is 5.41 Å². The molecule has 0 saturated carbocycles. The van der Waals surface area contributed by atoms with Gasteiger partial charge in [-0.25, -0.2) is 0 Å². The van der Waals surface area contributed by atoms with E-state index < -0.39 is 5.41 Å². The fourth-order valence-corrected chi connectivity index (χ4v) is 4.22. The molecular weight excluding hydrogens is 346 g/mol. The van der Waals surface area contributed by atoms with E-state index in [9.17, 15) is 9.59 Å². The van der Waals surface area contributed by atoms with Gasteiger partial charge >= 0.3 is 0 Å². The van der Waals surface area contributed by atoms with Gasteiger partial charge in [-0.3, -0.25) is 24.7 Å². The first kappa shape index (κ1) is 18.4. The lowest BCUT2D eigenvalue weighted by atomic mass is 9.85. The Morgan fingerprint density at radius 2 is 2.00 bits per heavy atom. The minimum Gasteiger partial charge on any atom is -0.492 e. The normalized spacial score (nSPS) is 26.7. The van der Waals surface area contributed by atoms with Crippen molar-refractivity contribution in [2.45, 2.75) is 19.4 Å². The fraction of sp³-hybridized carbons (Fsp3) is 0.600. The summed E-state index contributed by atoms with van der Waals surface area (Å²) in [7, 11) is 0. The van der Waals surface area contributed by atoms with Crippen LogP contribution in [-0.2, 0) is 20.9 Å². The smallest absolute Gasteiger partial charge is 0.234 e. The second-order valence-electron chi connectivity index (χ2n) is 7.74. The summed E-state index contributed by atoms with van der Waals surface area (Å²) < 4.78 is 11.3. The lowest BCUT2D eigenvalue weighted by Gasteiger charge is -2.26. The Morgan fingerprint density at radius 1 is 1.15 bits per heavy atom. The third kappa shape index (κ3) is 4.31. The number of hydrogen-bond acceptors (Lipinski definition) is 6. The first-order valence-electron chi connectivity index (χ1n) is 9.71. The molecule has 0 radical (unpaired) electrons. The highest BCUT2D eigenvalue weighted by Crippen LogP contribution is 2.38. The van der Waals surface area contributed by atoms with Gasteiger partial charge in [0.15, 0.2) is 0 Å². The van der Waals surface area contributed by atoms with E-state index in [1.165, 1.54) is 5.56 Å². The largest absolute Gasteiger partial charge is 0.492 e. The topological polar surface area (TPSA) is 71.1 Å². The number of likely N-dealkylation sites (tertiary alicyclic amines) is 1. The summed E-state index contributed by atoms with van der Waals surface area (Å²) in [6.07, 6.45) is 1.08. The van der Waals surface area contributed by atoms with Gasteiger partial charge in [0.2, 0.25) is 11.8 Å². The third-order valence-corrected chi connectivity index (χ3v) is 5.75. The molecule has 0 unspecified atom stereocenters. The van der Waals surface area contributed by atoms with Crippen molar-refractivity contribution in [3.05, 3.63) is 29.8 Å². The molecule has 1 atom stereocenters. The average Bonchev–Trinajstić information content (AvgIpc) is 3.18. The Kier molecular flexibility index (Phi) is 5.43. The summed E-state index contributed by atoms with van der Waals surface area (Å²) in [5, 5.41) is 2.46. The molecule has 4 rings (SSSR count). The van der Waals surface area contributed by atoms with Gasteiger partial charge in [0.1, 0.15) is 12.4 Å². The SMILES string of the molecule is O=C1C[C@@]2(CCN(Cc3cccc(OCCN4CCOCC4)c3)C2)C(=O)N1. The maximum Gasteiger partial charge on any atom is 0.234 e. The molecule has 0 aliphatic carbocycles. The van der Waals surface area contributed by atoms with E-state index in [-0.39, 0.29) is 11.8 Å². The zero-order valence-corrected chi connectivity index (χ0v) is 15.6. The van der Waals surface area contributed by atoms with E-state index in [1.807, 2.05) is 12.1 Å². The molecule has 7 nitrogen and oxygen atoms in total. The molecular formula is C20H27N3O4. The molecule has 1 N–H and O–H groups in total. The van der Waals surface area contributed by atoms with Crippen LogP contribution in [0.5, 0.6) is 5.75 Å². The highest BCUT2D eigenvalue weighted by Gasteiger charge is 2.50. The summed E-state index contributed by atoms with van der Waals surface area (Å²) in [5.41, 5.74) is 0.657. The van der Waals surface area contributed by atoms with Crippen LogP contribution in [0.15, 0.2) is 24.3 Å². The number of imide groups is 1. The molecule has 2 amide bonds. The monoisotopic (exact) mass is 373 g/mol. The number of carbonyl (C=O) groups is 2. The summed E-state index contributed by atoms with van der Waals surface area (Å²) in [6, 6.07) is 8.15. The van der Waals surface area contributed by atoms with Gasteiger partial charge in [0, 0.05) is 39.1 Å². The Labute approximate surface area is 159 Å². The summed E-state index contributed by atoms with van der Waals surface area (Å²) in [5.74, 6) is 0.635. The molecule has 1 aromatic carbocycles. The predicted octanol–water partition coefficient (Wildman–Crippen LogP) is 0.636.